The fourth-order valence-electron chi connectivity index (χ4n) is 2.81. The summed E-state index contributed by atoms with van der Waals surface area (Å²) in [6.45, 7) is 3.50. The number of aromatic nitrogens is 3. The van der Waals surface area contributed by atoms with Gasteiger partial charge in [0, 0.05) is 25.5 Å². The quantitative estimate of drug-likeness (QED) is 0.916. The molecule has 3 heterocycles. The smallest absolute Gasteiger partial charge is 0.257 e. The van der Waals surface area contributed by atoms with E-state index in [0.717, 1.165) is 18.5 Å². The van der Waals surface area contributed by atoms with Crippen LogP contribution in [0.3, 0.4) is 0 Å². The number of pyridine rings is 1. The summed E-state index contributed by atoms with van der Waals surface area (Å²) in [5.41, 5.74) is 7.54. The summed E-state index contributed by atoms with van der Waals surface area (Å²) < 4.78 is 5.93. The Kier molecular flexibility index (Phi) is 5.00. The minimum Gasteiger partial charge on any atom is -0.370 e. The summed E-state index contributed by atoms with van der Waals surface area (Å²) in [4.78, 5) is 26.7. The summed E-state index contributed by atoms with van der Waals surface area (Å²) in [5.74, 6) is 0.109. The molecule has 2 aromatic heterocycles. The fraction of sp³-hybridized carbons (Fsp3) is 0.412. The number of piperidine rings is 1. The van der Waals surface area contributed by atoms with Crippen LogP contribution >= 0.6 is 0 Å². The van der Waals surface area contributed by atoms with Crippen molar-refractivity contribution < 1.29 is 9.53 Å². The minimum atomic E-state index is -0.0707. The van der Waals surface area contributed by atoms with Crippen LogP contribution in [-0.2, 0) is 11.3 Å². The number of ether oxygens (including phenoxy) is 1. The van der Waals surface area contributed by atoms with Crippen molar-refractivity contribution in [1.82, 2.24) is 19.9 Å². The lowest BCUT2D eigenvalue weighted by atomic mass is 10.1. The number of hydrogen-bond donors (Lipinski definition) is 1. The Hall–Kier alpha value is -2.54. The number of rotatable bonds is 4. The number of amides is 1. The van der Waals surface area contributed by atoms with E-state index >= 15 is 0 Å². The SMILES string of the molecule is Cc1nc(N)ncc1C(=O)N1CCC[C@@H](OCc2ccccn2)C1. The zero-order valence-corrected chi connectivity index (χ0v) is 13.7. The van der Waals surface area contributed by atoms with E-state index in [1.165, 1.54) is 6.20 Å². The number of aryl methyl sites for hydroxylation is 1. The van der Waals surface area contributed by atoms with Crippen molar-refractivity contribution in [3.63, 3.8) is 0 Å². The maximum absolute atomic E-state index is 12.7. The molecule has 2 aromatic rings. The molecule has 0 aliphatic carbocycles. The van der Waals surface area contributed by atoms with Gasteiger partial charge in [0.05, 0.1) is 29.7 Å². The highest BCUT2D eigenvalue weighted by molar-refractivity contribution is 5.95. The summed E-state index contributed by atoms with van der Waals surface area (Å²) in [5, 5.41) is 0. The van der Waals surface area contributed by atoms with Crippen LogP contribution in [0.1, 0.15) is 34.6 Å². The van der Waals surface area contributed by atoms with Crippen LogP contribution in [0.2, 0.25) is 0 Å². The van der Waals surface area contributed by atoms with E-state index in [-0.39, 0.29) is 18.0 Å². The van der Waals surface area contributed by atoms with Crippen LogP contribution in [0.4, 0.5) is 5.95 Å². The highest BCUT2D eigenvalue weighted by atomic mass is 16.5. The lowest BCUT2D eigenvalue weighted by molar-refractivity contribution is -0.00789. The first kappa shape index (κ1) is 16.3. The first-order valence-corrected chi connectivity index (χ1v) is 8.03. The monoisotopic (exact) mass is 327 g/mol. The van der Waals surface area contributed by atoms with Gasteiger partial charge in [-0.1, -0.05) is 6.07 Å². The number of likely N-dealkylation sites (tertiary alicyclic amines) is 1. The minimum absolute atomic E-state index is 0.0136. The fourth-order valence-corrected chi connectivity index (χ4v) is 2.81. The van der Waals surface area contributed by atoms with Crippen molar-refractivity contribution in [1.29, 1.82) is 0 Å². The molecule has 1 fully saturated rings. The second-order valence-corrected chi connectivity index (χ2v) is 5.87. The molecule has 0 saturated carbocycles. The van der Waals surface area contributed by atoms with Gasteiger partial charge in [0.15, 0.2) is 0 Å². The Morgan fingerprint density at radius 3 is 3.04 bits per heavy atom. The Morgan fingerprint density at radius 1 is 1.42 bits per heavy atom. The third kappa shape index (κ3) is 3.86. The van der Waals surface area contributed by atoms with Crippen LogP contribution in [0, 0.1) is 6.92 Å². The maximum Gasteiger partial charge on any atom is 0.257 e. The molecule has 0 radical (unpaired) electrons. The number of nitrogens with two attached hydrogens (primary N) is 1. The summed E-state index contributed by atoms with van der Waals surface area (Å²) in [6.07, 6.45) is 5.11. The van der Waals surface area contributed by atoms with Gasteiger partial charge in [-0.25, -0.2) is 9.97 Å². The summed E-state index contributed by atoms with van der Waals surface area (Å²) >= 11 is 0. The standard InChI is InChI=1S/C17H21N5O2/c1-12-15(9-20-17(18)21-12)16(23)22-8-4-6-14(10-22)24-11-13-5-2-3-7-19-13/h2-3,5,7,9,14H,4,6,8,10-11H2,1H3,(H2,18,20,21)/t14-/m1/s1. The molecule has 0 bridgehead atoms. The Morgan fingerprint density at radius 2 is 2.29 bits per heavy atom. The van der Waals surface area contributed by atoms with Crippen molar-refractivity contribution >= 4 is 11.9 Å². The summed E-state index contributed by atoms with van der Waals surface area (Å²) in [6, 6.07) is 5.74. The van der Waals surface area contributed by atoms with Gasteiger partial charge in [-0.05, 0) is 31.9 Å². The molecule has 1 aliphatic heterocycles. The molecule has 126 valence electrons. The van der Waals surface area contributed by atoms with Gasteiger partial charge in [-0.2, -0.15) is 0 Å². The second-order valence-electron chi connectivity index (χ2n) is 5.87. The molecule has 7 heteroatoms. The Labute approximate surface area is 140 Å². The van der Waals surface area contributed by atoms with Crippen molar-refractivity contribution in [3.8, 4) is 0 Å². The van der Waals surface area contributed by atoms with E-state index in [0.29, 0.717) is 31.0 Å². The Bertz CT molecular complexity index is 707. The number of carbonyl (C=O) groups is 1. The number of nitrogen functional groups attached to an aromatic ring is 1. The molecule has 1 saturated heterocycles. The van der Waals surface area contributed by atoms with Crippen molar-refractivity contribution in [2.45, 2.75) is 32.5 Å². The maximum atomic E-state index is 12.7. The largest absolute Gasteiger partial charge is 0.370 e. The van der Waals surface area contributed by atoms with E-state index in [4.69, 9.17) is 10.5 Å². The van der Waals surface area contributed by atoms with Crippen LogP contribution in [0.25, 0.3) is 0 Å². The lowest BCUT2D eigenvalue weighted by Crippen LogP contribution is -2.43. The van der Waals surface area contributed by atoms with Gasteiger partial charge >= 0.3 is 0 Å². The molecular weight excluding hydrogens is 306 g/mol. The van der Waals surface area contributed by atoms with Crippen LogP contribution in [0.15, 0.2) is 30.6 Å². The van der Waals surface area contributed by atoms with Gasteiger partial charge in [-0.3, -0.25) is 9.78 Å². The molecule has 1 amide bonds. The predicted molar refractivity (Wildman–Crippen MR) is 89.1 cm³/mol. The number of carbonyl (C=O) groups excluding carboxylic acids is 1. The van der Waals surface area contributed by atoms with Crippen LogP contribution < -0.4 is 5.73 Å². The first-order chi connectivity index (χ1) is 11.6. The van der Waals surface area contributed by atoms with Gasteiger partial charge in [0.1, 0.15) is 0 Å². The molecule has 0 spiro atoms. The highest BCUT2D eigenvalue weighted by Crippen LogP contribution is 2.18. The van der Waals surface area contributed by atoms with Gasteiger partial charge in [0.2, 0.25) is 5.95 Å². The predicted octanol–water partition coefficient (Wildman–Crippen LogP) is 1.58. The van der Waals surface area contributed by atoms with Crippen LogP contribution in [0.5, 0.6) is 0 Å². The van der Waals surface area contributed by atoms with E-state index in [9.17, 15) is 4.79 Å². The molecular formula is C17H21N5O2. The van der Waals surface area contributed by atoms with E-state index in [2.05, 4.69) is 15.0 Å². The lowest BCUT2D eigenvalue weighted by Gasteiger charge is -2.32. The highest BCUT2D eigenvalue weighted by Gasteiger charge is 2.26. The molecule has 3 rings (SSSR count). The number of anilines is 1. The second kappa shape index (κ2) is 7.35. The third-order valence-corrected chi connectivity index (χ3v) is 4.09. The van der Waals surface area contributed by atoms with Gasteiger partial charge in [-0.15, -0.1) is 0 Å². The number of nitrogens with zero attached hydrogens (tertiary/aromatic N) is 4. The average Bonchev–Trinajstić information content (AvgIpc) is 2.61. The number of hydrogen-bond acceptors (Lipinski definition) is 6. The summed E-state index contributed by atoms with van der Waals surface area (Å²) in [7, 11) is 0. The zero-order valence-electron chi connectivity index (χ0n) is 13.7. The van der Waals surface area contributed by atoms with Crippen molar-refractivity contribution in [2.24, 2.45) is 0 Å². The topological polar surface area (TPSA) is 94.2 Å². The molecule has 24 heavy (non-hydrogen) atoms. The molecule has 0 unspecified atom stereocenters. The van der Waals surface area contributed by atoms with E-state index in [1.54, 1.807) is 18.0 Å². The first-order valence-electron chi connectivity index (χ1n) is 8.03. The van der Waals surface area contributed by atoms with Gasteiger partial charge in [0.25, 0.3) is 5.91 Å². The van der Waals surface area contributed by atoms with E-state index < -0.39 is 0 Å². The van der Waals surface area contributed by atoms with Crippen molar-refractivity contribution in [2.75, 3.05) is 18.8 Å². The molecule has 1 aliphatic rings. The van der Waals surface area contributed by atoms with E-state index in [1.807, 2.05) is 18.2 Å². The molecule has 1 atom stereocenters. The average molecular weight is 327 g/mol. The van der Waals surface area contributed by atoms with Gasteiger partial charge < -0.3 is 15.4 Å². The molecule has 2 N–H and O–H groups in total. The molecule has 7 nitrogen and oxygen atoms in total. The normalized spacial score (nSPS) is 17.7. The Balaban J connectivity index is 1.61. The van der Waals surface area contributed by atoms with Crippen LogP contribution in [-0.4, -0.2) is 45.0 Å². The molecule has 0 aromatic carbocycles. The zero-order chi connectivity index (χ0) is 16.9. The third-order valence-electron chi connectivity index (χ3n) is 4.09. The van der Waals surface area contributed by atoms with Crippen molar-refractivity contribution in [3.05, 3.63) is 47.5 Å².